The van der Waals surface area contributed by atoms with Crippen LogP contribution in [0, 0.1) is 11.8 Å². The molecule has 4 unspecified atom stereocenters. The third-order valence-corrected chi connectivity index (χ3v) is 6.13. The van der Waals surface area contributed by atoms with Crippen molar-refractivity contribution in [2.24, 2.45) is 11.8 Å². The summed E-state index contributed by atoms with van der Waals surface area (Å²) in [5.74, 6) is 0.318. The highest BCUT2D eigenvalue weighted by molar-refractivity contribution is 5.83. The van der Waals surface area contributed by atoms with Crippen molar-refractivity contribution in [3.8, 4) is 0 Å². The topological polar surface area (TPSA) is 59.1 Å². The van der Waals surface area contributed by atoms with Crippen molar-refractivity contribution in [3.05, 3.63) is 0 Å². The van der Waals surface area contributed by atoms with Crippen LogP contribution in [0.3, 0.4) is 0 Å². The zero-order valence-electron chi connectivity index (χ0n) is 18.5. The van der Waals surface area contributed by atoms with E-state index in [0.29, 0.717) is 32.6 Å². The van der Waals surface area contributed by atoms with E-state index < -0.39 is 0 Å². The molecular weight excluding hydrogens is 356 g/mol. The summed E-state index contributed by atoms with van der Waals surface area (Å²) >= 11 is 0. The second-order valence-electron chi connectivity index (χ2n) is 10.4. The van der Waals surface area contributed by atoms with Crippen molar-refractivity contribution < 1.29 is 19.1 Å². The Bertz CT molecular complexity index is 553. The number of carbonyl (C=O) groups is 2. The van der Waals surface area contributed by atoms with Gasteiger partial charge in [0.1, 0.15) is 0 Å². The van der Waals surface area contributed by atoms with Gasteiger partial charge in [0.15, 0.2) is 0 Å². The predicted molar refractivity (Wildman–Crippen MR) is 108 cm³/mol. The Morgan fingerprint density at radius 2 is 1.18 bits per heavy atom. The van der Waals surface area contributed by atoms with Crippen LogP contribution in [0.25, 0.3) is 0 Å². The van der Waals surface area contributed by atoms with E-state index in [1.54, 1.807) is 0 Å². The van der Waals surface area contributed by atoms with Crippen LogP contribution in [-0.2, 0) is 19.1 Å². The van der Waals surface area contributed by atoms with E-state index in [-0.39, 0.29) is 47.1 Å². The van der Waals surface area contributed by atoms with Gasteiger partial charge in [-0.1, -0.05) is 6.42 Å². The molecule has 3 fully saturated rings. The molecule has 6 nitrogen and oxygen atoms in total. The predicted octanol–water partition coefficient (Wildman–Crippen LogP) is 2.84. The van der Waals surface area contributed by atoms with Gasteiger partial charge >= 0.3 is 0 Å². The Morgan fingerprint density at radius 3 is 1.54 bits per heavy atom. The van der Waals surface area contributed by atoms with E-state index in [9.17, 15) is 9.59 Å². The average Bonchev–Trinajstić information content (AvgIpc) is 2.57. The van der Waals surface area contributed by atoms with Crippen LogP contribution in [0.2, 0.25) is 0 Å². The SMILES string of the molecule is CC1CN(C(=O)C2CCCC(C(=O)N3CC(C)OC(C)(C)C3)C2)CC(C)(C)O1. The van der Waals surface area contributed by atoms with E-state index in [0.717, 1.165) is 19.3 Å². The monoisotopic (exact) mass is 394 g/mol. The lowest BCUT2D eigenvalue weighted by Crippen LogP contribution is -2.56. The second kappa shape index (κ2) is 7.94. The summed E-state index contributed by atoms with van der Waals surface area (Å²) in [7, 11) is 0. The van der Waals surface area contributed by atoms with Gasteiger partial charge in [0.25, 0.3) is 0 Å². The van der Waals surface area contributed by atoms with Crippen LogP contribution in [0.15, 0.2) is 0 Å². The molecule has 2 saturated heterocycles. The summed E-state index contributed by atoms with van der Waals surface area (Å²) in [4.78, 5) is 30.4. The fraction of sp³-hybridized carbons (Fsp3) is 0.909. The van der Waals surface area contributed by atoms with Crippen molar-refractivity contribution in [2.45, 2.75) is 90.6 Å². The molecule has 1 saturated carbocycles. The van der Waals surface area contributed by atoms with Crippen molar-refractivity contribution >= 4 is 11.8 Å². The average molecular weight is 395 g/mol. The van der Waals surface area contributed by atoms with E-state index in [1.165, 1.54) is 0 Å². The molecule has 1 aliphatic carbocycles. The third-order valence-electron chi connectivity index (χ3n) is 6.13. The molecule has 0 aromatic heterocycles. The van der Waals surface area contributed by atoms with Gasteiger partial charge in [-0.05, 0) is 60.8 Å². The second-order valence-corrected chi connectivity index (χ2v) is 10.4. The maximum Gasteiger partial charge on any atom is 0.225 e. The van der Waals surface area contributed by atoms with Gasteiger partial charge in [0, 0.05) is 38.0 Å². The Labute approximate surface area is 169 Å². The first kappa shape index (κ1) is 21.6. The van der Waals surface area contributed by atoms with Gasteiger partial charge in [-0.25, -0.2) is 0 Å². The number of nitrogens with zero attached hydrogens (tertiary/aromatic N) is 2. The lowest BCUT2D eigenvalue weighted by atomic mass is 9.79. The summed E-state index contributed by atoms with van der Waals surface area (Å²) < 4.78 is 11.9. The van der Waals surface area contributed by atoms with Crippen LogP contribution in [-0.4, -0.2) is 71.2 Å². The molecule has 160 valence electrons. The van der Waals surface area contributed by atoms with Crippen LogP contribution < -0.4 is 0 Å². The molecule has 3 rings (SSSR count). The normalized spacial score (nSPS) is 35.5. The van der Waals surface area contributed by atoms with E-state index in [1.807, 2.05) is 51.3 Å². The summed E-state index contributed by atoms with van der Waals surface area (Å²) in [6, 6.07) is 0. The fourth-order valence-corrected chi connectivity index (χ4v) is 5.40. The van der Waals surface area contributed by atoms with Crippen LogP contribution in [0.5, 0.6) is 0 Å². The maximum atomic E-state index is 13.2. The number of amides is 2. The number of rotatable bonds is 2. The van der Waals surface area contributed by atoms with Crippen molar-refractivity contribution in [2.75, 3.05) is 26.2 Å². The summed E-state index contributed by atoms with van der Waals surface area (Å²) in [6.45, 7) is 14.7. The van der Waals surface area contributed by atoms with E-state index >= 15 is 0 Å². The fourth-order valence-electron chi connectivity index (χ4n) is 5.40. The zero-order chi connectivity index (χ0) is 20.7. The van der Waals surface area contributed by atoms with Gasteiger partial charge in [-0.2, -0.15) is 0 Å². The molecule has 0 N–H and O–H groups in total. The van der Waals surface area contributed by atoms with Gasteiger partial charge in [-0.3, -0.25) is 9.59 Å². The van der Waals surface area contributed by atoms with Gasteiger partial charge in [-0.15, -0.1) is 0 Å². The molecule has 3 aliphatic rings. The molecule has 2 amide bonds. The molecule has 2 aliphatic heterocycles. The number of ether oxygens (including phenoxy) is 2. The van der Waals surface area contributed by atoms with Crippen molar-refractivity contribution in [1.82, 2.24) is 9.80 Å². The van der Waals surface area contributed by atoms with Gasteiger partial charge in [0.05, 0.1) is 23.4 Å². The highest BCUT2D eigenvalue weighted by Crippen LogP contribution is 2.34. The third kappa shape index (κ3) is 5.07. The van der Waals surface area contributed by atoms with E-state index in [2.05, 4.69) is 0 Å². The molecule has 0 spiro atoms. The highest BCUT2D eigenvalue weighted by atomic mass is 16.5. The van der Waals surface area contributed by atoms with Gasteiger partial charge < -0.3 is 19.3 Å². The summed E-state index contributed by atoms with van der Waals surface area (Å²) in [5, 5.41) is 0. The smallest absolute Gasteiger partial charge is 0.225 e. The maximum absolute atomic E-state index is 13.2. The molecule has 6 heteroatoms. The molecule has 0 aromatic rings. The Hall–Kier alpha value is -1.14. The number of hydrogen-bond acceptors (Lipinski definition) is 4. The minimum absolute atomic E-state index is 0.0460. The number of morpholine rings is 2. The van der Waals surface area contributed by atoms with Crippen LogP contribution in [0.4, 0.5) is 0 Å². The highest BCUT2D eigenvalue weighted by Gasteiger charge is 2.41. The molecule has 2 heterocycles. The molecule has 4 atom stereocenters. The Balaban J connectivity index is 1.63. The Kier molecular flexibility index (Phi) is 6.12. The van der Waals surface area contributed by atoms with Gasteiger partial charge in [0.2, 0.25) is 11.8 Å². The van der Waals surface area contributed by atoms with Crippen molar-refractivity contribution in [1.29, 1.82) is 0 Å². The first-order valence-corrected chi connectivity index (χ1v) is 10.9. The quantitative estimate of drug-likeness (QED) is 0.723. The number of carbonyl (C=O) groups excluding carboxylic acids is 2. The zero-order valence-corrected chi connectivity index (χ0v) is 18.5. The first-order chi connectivity index (χ1) is 13.0. The standard InChI is InChI=1S/C22H38N2O4/c1-15-11-23(13-21(3,4)27-15)19(25)17-8-7-9-18(10-17)20(26)24-12-16(2)28-22(5,6)14-24/h15-18H,7-14H2,1-6H3. The van der Waals surface area contributed by atoms with Crippen LogP contribution >= 0.6 is 0 Å². The minimum Gasteiger partial charge on any atom is -0.369 e. The summed E-state index contributed by atoms with van der Waals surface area (Å²) in [5.41, 5.74) is -0.626. The lowest BCUT2D eigenvalue weighted by Gasteiger charge is -2.45. The summed E-state index contributed by atoms with van der Waals surface area (Å²) in [6.07, 6.45) is 3.49. The first-order valence-electron chi connectivity index (χ1n) is 10.9. The molecular formula is C22H38N2O4. The molecule has 0 radical (unpaired) electrons. The van der Waals surface area contributed by atoms with E-state index in [4.69, 9.17) is 9.47 Å². The minimum atomic E-state index is -0.313. The molecule has 0 aromatic carbocycles. The molecule has 0 bridgehead atoms. The lowest BCUT2D eigenvalue weighted by molar-refractivity contribution is -0.166. The largest absolute Gasteiger partial charge is 0.369 e. The van der Waals surface area contributed by atoms with Crippen molar-refractivity contribution in [3.63, 3.8) is 0 Å². The number of hydrogen-bond donors (Lipinski definition) is 0. The van der Waals surface area contributed by atoms with Crippen LogP contribution in [0.1, 0.15) is 67.2 Å². The molecule has 28 heavy (non-hydrogen) atoms. The Morgan fingerprint density at radius 1 is 0.786 bits per heavy atom.